The normalized spacial score (nSPS) is 12.7. The minimum atomic E-state index is -0.861. The Kier molecular flexibility index (Phi) is 5.31. The van der Waals surface area contributed by atoms with Gasteiger partial charge >= 0.3 is 5.69 Å². The Hall–Kier alpha value is -3.91. The number of hydrogen-bond donors (Lipinski definition) is 3. The molecule has 0 aromatic heterocycles. The van der Waals surface area contributed by atoms with Gasteiger partial charge in [0.1, 0.15) is 0 Å². The summed E-state index contributed by atoms with van der Waals surface area (Å²) in [6.07, 6.45) is 0.454. The number of carbonyl (C=O) groups is 1. The molecule has 3 aromatic carbocycles. The predicted molar refractivity (Wildman–Crippen MR) is 123 cm³/mol. The quantitative estimate of drug-likeness (QED) is 0.390. The van der Waals surface area contributed by atoms with E-state index in [0.717, 1.165) is 22.4 Å². The van der Waals surface area contributed by atoms with E-state index in [0.29, 0.717) is 23.4 Å². The molecule has 8 nitrogen and oxygen atoms in total. The zero-order valence-corrected chi connectivity index (χ0v) is 17.9. The first kappa shape index (κ1) is 21.3. The Balaban J connectivity index is 1.71. The molecule has 0 radical (unpaired) electrons. The highest BCUT2D eigenvalue weighted by Gasteiger charge is 2.22. The Bertz CT molecular complexity index is 1230. The minimum Gasteiger partial charge on any atom is -0.490 e. The molecule has 0 fully saturated rings. The van der Waals surface area contributed by atoms with Crippen molar-refractivity contribution in [2.45, 2.75) is 25.9 Å². The molecule has 1 aliphatic heterocycles. The summed E-state index contributed by atoms with van der Waals surface area (Å²) in [4.78, 5) is 23.5. The molecule has 3 aromatic rings. The molecule has 4 rings (SSSR count). The molecule has 0 saturated heterocycles. The van der Waals surface area contributed by atoms with E-state index in [2.05, 4.69) is 10.6 Å². The van der Waals surface area contributed by atoms with Crippen LogP contribution in [0.2, 0.25) is 0 Å². The summed E-state index contributed by atoms with van der Waals surface area (Å²) in [6.45, 7) is 3.47. The molecule has 0 unspecified atom stereocenters. The van der Waals surface area contributed by atoms with Gasteiger partial charge in [0, 0.05) is 12.5 Å². The molecule has 1 aliphatic rings. The topological polar surface area (TPSA) is 114 Å². The van der Waals surface area contributed by atoms with E-state index in [1.54, 1.807) is 38.1 Å². The van der Waals surface area contributed by atoms with E-state index < -0.39 is 10.5 Å². The number of rotatable bonds is 5. The molecule has 3 N–H and O–H groups in total. The fourth-order valence-corrected chi connectivity index (χ4v) is 3.78. The first-order chi connectivity index (χ1) is 15.1. The van der Waals surface area contributed by atoms with Gasteiger partial charge in [0.25, 0.3) is 5.91 Å². The van der Waals surface area contributed by atoms with Crippen molar-refractivity contribution in [3.8, 4) is 16.9 Å². The van der Waals surface area contributed by atoms with E-state index in [1.165, 1.54) is 13.2 Å². The van der Waals surface area contributed by atoms with Gasteiger partial charge in [-0.3, -0.25) is 14.9 Å². The molecule has 0 atom stereocenters. The summed E-state index contributed by atoms with van der Waals surface area (Å²) >= 11 is 0. The van der Waals surface area contributed by atoms with Crippen LogP contribution in [0.3, 0.4) is 0 Å². The largest absolute Gasteiger partial charge is 0.490 e. The van der Waals surface area contributed by atoms with Crippen LogP contribution in [-0.4, -0.2) is 28.6 Å². The standard InChI is InChI=1S/C24H23N3O5/c1-24(2,29)13-14-4-8-18-20(10-14)26-23(28)17-7-5-15(11-19(17)25-18)16-6-9-21(27(30)31)22(12-16)32-3/h4-12,25,29H,13H2,1-3H3,(H,26,28). The number of anilines is 3. The van der Waals surface area contributed by atoms with Crippen LogP contribution in [0.15, 0.2) is 54.6 Å². The summed E-state index contributed by atoms with van der Waals surface area (Å²) in [5.74, 6) is -0.0858. The molecule has 164 valence electrons. The lowest BCUT2D eigenvalue weighted by atomic mass is 9.98. The van der Waals surface area contributed by atoms with Crippen LogP contribution in [0.1, 0.15) is 29.8 Å². The number of methoxy groups -OCH3 is 1. The molecule has 1 amide bonds. The smallest absolute Gasteiger partial charge is 0.310 e. The summed E-state index contributed by atoms with van der Waals surface area (Å²) in [6, 6.07) is 15.6. The molecule has 0 bridgehead atoms. The molecular formula is C24H23N3O5. The van der Waals surface area contributed by atoms with E-state index in [1.807, 2.05) is 24.3 Å². The average molecular weight is 433 g/mol. The van der Waals surface area contributed by atoms with Crippen LogP contribution < -0.4 is 15.4 Å². The highest BCUT2D eigenvalue weighted by atomic mass is 16.6. The Morgan fingerprint density at radius 1 is 0.969 bits per heavy atom. The number of aliphatic hydroxyl groups is 1. The predicted octanol–water partition coefficient (Wildman–Crippen LogP) is 4.89. The number of hydrogen-bond acceptors (Lipinski definition) is 6. The van der Waals surface area contributed by atoms with Crippen molar-refractivity contribution in [1.82, 2.24) is 0 Å². The Morgan fingerprint density at radius 3 is 2.38 bits per heavy atom. The fourth-order valence-electron chi connectivity index (χ4n) is 3.78. The number of fused-ring (bicyclic) bond motifs is 2. The maximum Gasteiger partial charge on any atom is 0.310 e. The third kappa shape index (κ3) is 4.26. The Morgan fingerprint density at radius 2 is 1.69 bits per heavy atom. The van der Waals surface area contributed by atoms with Crippen molar-refractivity contribution in [3.63, 3.8) is 0 Å². The second kappa shape index (κ2) is 7.97. The third-order valence-corrected chi connectivity index (χ3v) is 5.21. The van der Waals surface area contributed by atoms with Crippen molar-refractivity contribution in [2.24, 2.45) is 0 Å². The van der Waals surface area contributed by atoms with Crippen LogP contribution in [-0.2, 0) is 6.42 Å². The molecule has 8 heteroatoms. The Labute approximate surface area is 185 Å². The SMILES string of the molecule is COc1cc(-c2ccc3c(c2)Nc2ccc(CC(C)(C)O)cc2NC3=O)ccc1[N+](=O)[O-]. The summed E-state index contributed by atoms with van der Waals surface area (Å²) in [7, 11) is 1.39. The number of carbonyl (C=O) groups excluding carboxylic acids is 1. The van der Waals surface area contributed by atoms with Crippen LogP contribution in [0.5, 0.6) is 5.75 Å². The van der Waals surface area contributed by atoms with Crippen molar-refractivity contribution in [2.75, 3.05) is 17.7 Å². The molecular weight excluding hydrogens is 410 g/mol. The molecule has 1 heterocycles. The molecule has 0 aliphatic carbocycles. The second-order valence-corrected chi connectivity index (χ2v) is 8.35. The van der Waals surface area contributed by atoms with Crippen LogP contribution in [0.25, 0.3) is 11.1 Å². The van der Waals surface area contributed by atoms with E-state index in [4.69, 9.17) is 4.74 Å². The highest BCUT2D eigenvalue weighted by molar-refractivity contribution is 6.12. The number of nitro benzene ring substituents is 1. The van der Waals surface area contributed by atoms with Gasteiger partial charge in [-0.25, -0.2) is 0 Å². The van der Waals surface area contributed by atoms with Crippen molar-refractivity contribution >= 4 is 28.7 Å². The number of benzene rings is 3. The average Bonchev–Trinajstić information content (AvgIpc) is 2.87. The number of nitrogens with zero attached hydrogens (tertiary/aromatic N) is 1. The van der Waals surface area contributed by atoms with Gasteiger partial charge in [-0.2, -0.15) is 0 Å². The number of nitro groups is 1. The summed E-state index contributed by atoms with van der Waals surface area (Å²) < 4.78 is 5.17. The molecule has 32 heavy (non-hydrogen) atoms. The van der Waals surface area contributed by atoms with E-state index >= 15 is 0 Å². The van der Waals surface area contributed by atoms with Crippen molar-refractivity contribution < 1.29 is 19.6 Å². The lowest BCUT2D eigenvalue weighted by Crippen LogP contribution is -2.22. The maximum absolute atomic E-state index is 12.8. The first-order valence-electron chi connectivity index (χ1n) is 10.1. The molecule has 0 saturated carbocycles. The van der Waals surface area contributed by atoms with Gasteiger partial charge in [-0.1, -0.05) is 12.1 Å². The van der Waals surface area contributed by atoms with E-state index in [9.17, 15) is 20.0 Å². The van der Waals surface area contributed by atoms with Crippen LogP contribution in [0, 0.1) is 10.1 Å². The number of nitrogens with one attached hydrogen (secondary N) is 2. The number of amides is 1. The maximum atomic E-state index is 12.8. The van der Waals surface area contributed by atoms with Gasteiger partial charge in [0.2, 0.25) is 0 Å². The van der Waals surface area contributed by atoms with Gasteiger partial charge in [-0.05, 0) is 66.9 Å². The van der Waals surface area contributed by atoms with Gasteiger partial charge in [0.15, 0.2) is 5.75 Å². The van der Waals surface area contributed by atoms with Gasteiger partial charge < -0.3 is 20.5 Å². The monoisotopic (exact) mass is 433 g/mol. The van der Waals surface area contributed by atoms with E-state index in [-0.39, 0.29) is 17.3 Å². The van der Waals surface area contributed by atoms with Gasteiger partial charge in [-0.15, -0.1) is 0 Å². The third-order valence-electron chi connectivity index (χ3n) is 5.21. The van der Waals surface area contributed by atoms with Crippen molar-refractivity contribution in [3.05, 3.63) is 75.8 Å². The van der Waals surface area contributed by atoms with Crippen LogP contribution in [0.4, 0.5) is 22.7 Å². The second-order valence-electron chi connectivity index (χ2n) is 8.35. The fraction of sp³-hybridized carbons (Fsp3) is 0.208. The first-order valence-corrected chi connectivity index (χ1v) is 10.1. The molecule has 0 spiro atoms. The zero-order chi connectivity index (χ0) is 23.0. The lowest BCUT2D eigenvalue weighted by Gasteiger charge is -2.18. The number of ether oxygens (including phenoxy) is 1. The van der Waals surface area contributed by atoms with Gasteiger partial charge in [0.05, 0.1) is 40.3 Å². The van der Waals surface area contributed by atoms with Crippen LogP contribution >= 0.6 is 0 Å². The lowest BCUT2D eigenvalue weighted by molar-refractivity contribution is -0.385. The zero-order valence-electron chi connectivity index (χ0n) is 17.9. The van der Waals surface area contributed by atoms with Crippen molar-refractivity contribution in [1.29, 1.82) is 0 Å². The highest BCUT2D eigenvalue weighted by Crippen LogP contribution is 2.37. The summed E-state index contributed by atoms with van der Waals surface area (Å²) in [5, 5.41) is 27.5. The minimum absolute atomic E-state index is 0.112. The summed E-state index contributed by atoms with van der Waals surface area (Å²) in [5.41, 5.74) is 3.89.